The maximum absolute atomic E-state index is 12.8. The third-order valence-corrected chi connectivity index (χ3v) is 4.85. The zero-order chi connectivity index (χ0) is 20.1. The number of nitrogen functional groups attached to an aromatic ring is 1. The fourth-order valence-electron chi connectivity index (χ4n) is 3.37. The molecule has 0 aromatic heterocycles. The van der Waals surface area contributed by atoms with Crippen LogP contribution < -0.4 is 25.8 Å². The van der Waals surface area contributed by atoms with Crippen LogP contribution in [0.25, 0.3) is 0 Å². The minimum atomic E-state index is -0.250. The van der Waals surface area contributed by atoms with Gasteiger partial charge in [0.1, 0.15) is 0 Å². The molecule has 3 rings (SSSR count). The average Bonchev–Trinajstić information content (AvgIpc) is 2.71. The molecule has 0 heterocycles. The molecule has 8 heteroatoms. The number of nitrogens with one attached hydrogen (secondary N) is 2. The molecule has 0 saturated carbocycles. The molecule has 29 heavy (non-hydrogen) atoms. The van der Waals surface area contributed by atoms with E-state index in [2.05, 4.69) is 10.6 Å². The Balaban J connectivity index is 0.00000300. The van der Waals surface area contributed by atoms with Crippen molar-refractivity contribution >= 4 is 29.9 Å². The second kappa shape index (κ2) is 10.0. The molecule has 1 atom stereocenters. The smallest absolute Gasteiger partial charge is 0.257 e. The fraction of sp³-hybridized carbons (Fsp3) is 0.333. The van der Waals surface area contributed by atoms with Crippen molar-refractivity contribution in [2.24, 2.45) is 0 Å². The van der Waals surface area contributed by atoms with Gasteiger partial charge in [0, 0.05) is 18.3 Å². The van der Waals surface area contributed by atoms with E-state index in [1.54, 1.807) is 18.2 Å². The molecule has 2 aromatic carbocycles. The normalized spacial score (nSPS) is 14.8. The summed E-state index contributed by atoms with van der Waals surface area (Å²) in [4.78, 5) is 24.1. The Morgan fingerprint density at radius 1 is 1.17 bits per heavy atom. The monoisotopic (exact) mass is 419 g/mol. The molecule has 2 aromatic rings. The molecule has 7 nitrogen and oxygen atoms in total. The summed E-state index contributed by atoms with van der Waals surface area (Å²) in [6.45, 7) is -0.125. The number of rotatable bonds is 6. The van der Waals surface area contributed by atoms with Gasteiger partial charge in [0.15, 0.2) is 18.1 Å². The molecule has 156 valence electrons. The number of methoxy groups -OCH3 is 1. The Kier molecular flexibility index (Phi) is 7.73. The summed E-state index contributed by atoms with van der Waals surface area (Å²) in [6.07, 6.45) is 2.85. The Labute approximate surface area is 176 Å². The number of nitrogens with two attached hydrogens (primary N) is 1. The van der Waals surface area contributed by atoms with Crippen LogP contribution in [0.4, 0.5) is 5.69 Å². The lowest BCUT2D eigenvalue weighted by Crippen LogP contribution is -2.31. The number of benzene rings is 2. The number of halogens is 1. The molecule has 0 fully saturated rings. The quantitative estimate of drug-likeness (QED) is 0.624. The summed E-state index contributed by atoms with van der Waals surface area (Å²) in [7, 11) is 3.03. The number of carbonyl (C=O) groups is 2. The first-order chi connectivity index (χ1) is 13.5. The van der Waals surface area contributed by atoms with Crippen LogP contribution in [-0.4, -0.2) is 32.6 Å². The summed E-state index contributed by atoms with van der Waals surface area (Å²) in [6, 6.07) is 10.7. The second-order valence-corrected chi connectivity index (χ2v) is 6.70. The van der Waals surface area contributed by atoms with Gasteiger partial charge in [-0.25, -0.2) is 0 Å². The number of hydrogen-bond donors (Lipinski definition) is 3. The van der Waals surface area contributed by atoms with Crippen LogP contribution in [0.5, 0.6) is 11.5 Å². The van der Waals surface area contributed by atoms with E-state index in [1.165, 1.54) is 19.7 Å². The minimum absolute atomic E-state index is 0. The van der Waals surface area contributed by atoms with Gasteiger partial charge in [0.05, 0.1) is 13.2 Å². The van der Waals surface area contributed by atoms with Crippen LogP contribution in [-0.2, 0) is 11.2 Å². The number of amides is 2. The highest BCUT2D eigenvalue weighted by Gasteiger charge is 2.23. The van der Waals surface area contributed by atoms with Gasteiger partial charge in [-0.3, -0.25) is 9.59 Å². The largest absolute Gasteiger partial charge is 0.493 e. The molecule has 0 bridgehead atoms. The van der Waals surface area contributed by atoms with Crippen LogP contribution in [0.1, 0.15) is 40.4 Å². The van der Waals surface area contributed by atoms with E-state index in [4.69, 9.17) is 15.2 Å². The molecule has 0 radical (unpaired) electrons. The Morgan fingerprint density at radius 2 is 1.97 bits per heavy atom. The molecule has 0 saturated heterocycles. The van der Waals surface area contributed by atoms with Gasteiger partial charge in [-0.15, -0.1) is 12.4 Å². The first kappa shape index (κ1) is 22.4. The first-order valence-electron chi connectivity index (χ1n) is 9.22. The topological polar surface area (TPSA) is 103 Å². The highest BCUT2D eigenvalue weighted by Crippen LogP contribution is 2.32. The van der Waals surface area contributed by atoms with E-state index in [9.17, 15) is 9.59 Å². The number of anilines is 1. The summed E-state index contributed by atoms with van der Waals surface area (Å²) in [5, 5.41) is 5.58. The predicted molar refractivity (Wildman–Crippen MR) is 114 cm³/mol. The molecule has 4 N–H and O–H groups in total. The number of hydrogen-bond acceptors (Lipinski definition) is 5. The molecular weight excluding hydrogens is 394 g/mol. The molecule has 1 aliphatic carbocycles. The van der Waals surface area contributed by atoms with Crippen molar-refractivity contribution in [3.63, 3.8) is 0 Å². The Morgan fingerprint density at radius 3 is 2.69 bits per heavy atom. The van der Waals surface area contributed by atoms with Gasteiger partial charge in [0.25, 0.3) is 11.8 Å². The zero-order valence-corrected chi connectivity index (χ0v) is 17.3. The zero-order valence-electron chi connectivity index (χ0n) is 16.5. The van der Waals surface area contributed by atoms with E-state index in [0.29, 0.717) is 17.1 Å². The van der Waals surface area contributed by atoms with Crippen LogP contribution in [0, 0.1) is 0 Å². The van der Waals surface area contributed by atoms with E-state index in [0.717, 1.165) is 30.5 Å². The molecule has 1 unspecified atom stereocenters. The molecule has 0 aliphatic heterocycles. The van der Waals surface area contributed by atoms with Crippen LogP contribution in [0.15, 0.2) is 36.4 Å². The van der Waals surface area contributed by atoms with Crippen molar-refractivity contribution in [2.75, 3.05) is 26.5 Å². The summed E-state index contributed by atoms with van der Waals surface area (Å²) >= 11 is 0. The van der Waals surface area contributed by atoms with Crippen LogP contribution in [0.3, 0.4) is 0 Å². The van der Waals surface area contributed by atoms with Crippen molar-refractivity contribution in [1.82, 2.24) is 10.6 Å². The molecule has 2 amide bonds. The minimum Gasteiger partial charge on any atom is -0.493 e. The number of carbonyl (C=O) groups excluding carboxylic acids is 2. The summed E-state index contributed by atoms with van der Waals surface area (Å²) < 4.78 is 10.8. The van der Waals surface area contributed by atoms with Crippen molar-refractivity contribution in [3.8, 4) is 11.5 Å². The Hall–Kier alpha value is -2.93. The SMILES string of the molecule is CNC(=O)COc1ccc(C(=O)NC2CCCc3cc(N)ccc32)cc1OC.Cl. The van der Waals surface area contributed by atoms with Gasteiger partial charge in [-0.2, -0.15) is 0 Å². The maximum atomic E-state index is 12.8. The van der Waals surface area contributed by atoms with E-state index in [-0.39, 0.29) is 36.9 Å². The summed E-state index contributed by atoms with van der Waals surface area (Å²) in [5.41, 5.74) is 9.39. The molecule has 1 aliphatic rings. The fourth-order valence-corrected chi connectivity index (χ4v) is 3.37. The van der Waals surface area contributed by atoms with Crippen molar-refractivity contribution < 1.29 is 19.1 Å². The van der Waals surface area contributed by atoms with Crippen molar-refractivity contribution in [2.45, 2.75) is 25.3 Å². The van der Waals surface area contributed by atoms with Gasteiger partial charge in [0.2, 0.25) is 0 Å². The van der Waals surface area contributed by atoms with E-state index in [1.807, 2.05) is 18.2 Å². The van der Waals surface area contributed by atoms with Crippen LogP contribution >= 0.6 is 12.4 Å². The lowest BCUT2D eigenvalue weighted by molar-refractivity contribution is -0.122. The highest BCUT2D eigenvalue weighted by atomic mass is 35.5. The van der Waals surface area contributed by atoms with E-state index < -0.39 is 0 Å². The number of aryl methyl sites for hydroxylation is 1. The number of ether oxygens (including phenoxy) is 2. The third kappa shape index (κ3) is 5.32. The second-order valence-electron chi connectivity index (χ2n) is 6.70. The van der Waals surface area contributed by atoms with E-state index >= 15 is 0 Å². The lowest BCUT2D eigenvalue weighted by Gasteiger charge is -2.26. The van der Waals surface area contributed by atoms with Gasteiger partial charge in [-0.1, -0.05) is 6.07 Å². The van der Waals surface area contributed by atoms with Gasteiger partial charge in [-0.05, 0) is 60.7 Å². The molecule has 0 spiro atoms. The maximum Gasteiger partial charge on any atom is 0.257 e. The standard InChI is InChI=1S/C21H25N3O4.ClH/c1-23-20(25)12-28-18-9-6-14(11-19(18)27-2)21(26)24-17-5-3-4-13-10-15(22)7-8-16(13)17;/h6-11,17H,3-5,12,22H2,1-2H3,(H,23,25)(H,24,26);1H. The van der Waals surface area contributed by atoms with Gasteiger partial charge < -0.3 is 25.8 Å². The number of fused-ring (bicyclic) bond motifs is 1. The van der Waals surface area contributed by atoms with Crippen molar-refractivity contribution in [3.05, 3.63) is 53.1 Å². The average molecular weight is 420 g/mol. The summed E-state index contributed by atoms with van der Waals surface area (Å²) in [5.74, 6) is 0.362. The number of likely N-dealkylation sites (N-methyl/N-ethyl adjacent to an activating group) is 1. The molecular formula is C21H26ClN3O4. The Bertz CT molecular complexity index is 888. The highest BCUT2D eigenvalue weighted by molar-refractivity contribution is 5.95. The van der Waals surface area contributed by atoms with Gasteiger partial charge >= 0.3 is 0 Å². The predicted octanol–water partition coefficient (Wildman–Crippen LogP) is 2.63. The third-order valence-electron chi connectivity index (χ3n) is 4.85. The first-order valence-corrected chi connectivity index (χ1v) is 9.22. The lowest BCUT2D eigenvalue weighted by atomic mass is 9.87. The van der Waals surface area contributed by atoms with Crippen LogP contribution in [0.2, 0.25) is 0 Å². The van der Waals surface area contributed by atoms with Crippen molar-refractivity contribution in [1.29, 1.82) is 0 Å².